The van der Waals surface area contributed by atoms with Crippen LogP contribution in [0.5, 0.6) is 5.75 Å². The van der Waals surface area contributed by atoms with Crippen molar-refractivity contribution in [1.82, 2.24) is 9.97 Å². The Morgan fingerprint density at radius 1 is 1.03 bits per heavy atom. The number of nitrogens with zero attached hydrogens (tertiary/aromatic N) is 3. The Bertz CT molecular complexity index is 1290. The van der Waals surface area contributed by atoms with E-state index in [0.717, 1.165) is 35.0 Å². The van der Waals surface area contributed by atoms with Gasteiger partial charge in [0.05, 0.1) is 39.6 Å². The number of nitriles is 1. The van der Waals surface area contributed by atoms with Crippen molar-refractivity contribution in [3.05, 3.63) is 87.8 Å². The van der Waals surface area contributed by atoms with E-state index in [1.54, 1.807) is 24.5 Å². The summed E-state index contributed by atoms with van der Waals surface area (Å²) in [4.78, 5) is 8.86. The number of nitrogens with one attached hydrogen (secondary N) is 1. The van der Waals surface area contributed by atoms with Gasteiger partial charge in [-0.05, 0) is 42.7 Å². The van der Waals surface area contributed by atoms with Crippen LogP contribution >= 0.6 is 23.2 Å². The normalized spacial score (nSPS) is 10.6. The molecule has 4 aromatic rings. The number of benzene rings is 2. The van der Waals surface area contributed by atoms with Gasteiger partial charge in [-0.1, -0.05) is 41.4 Å². The van der Waals surface area contributed by atoms with E-state index >= 15 is 0 Å². The SMILES string of the molecule is COc1cc(Nc2c(C#N)cnc3cc(CCc4ccccn4)ccc23)c(Cl)cc1Cl. The molecule has 0 radical (unpaired) electrons. The first-order valence-electron chi connectivity index (χ1n) is 9.60. The summed E-state index contributed by atoms with van der Waals surface area (Å²) in [6.45, 7) is 0. The highest BCUT2D eigenvalue weighted by atomic mass is 35.5. The summed E-state index contributed by atoms with van der Waals surface area (Å²) in [7, 11) is 1.54. The Morgan fingerprint density at radius 2 is 1.90 bits per heavy atom. The first-order valence-corrected chi connectivity index (χ1v) is 10.4. The topological polar surface area (TPSA) is 70.8 Å². The van der Waals surface area contributed by atoms with Crippen LogP contribution in [0.25, 0.3) is 10.9 Å². The van der Waals surface area contributed by atoms with Crippen molar-refractivity contribution in [3.8, 4) is 11.8 Å². The first-order chi connectivity index (χ1) is 15.1. The zero-order valence-electron chi connectivity index (χ0n) is 16.7. The average molecular weight is 449 g/mol. The lowest BCUT2D eigenvalue weighted by Gasteiger charge is -2.15. The summed E-state index contributed by atoms with van der Waals surface area (Å²) < 4.78 is 5.29. The van der Waals surface area contributed by atoms with Gasteiger partial charge in [-0.2, -0.15) is 5.26 Å². The molecule has 2 heterocycles. The standard InChI is InChI=1S/C24H18Cl2N4O/c1-31-23-12-22(19(25)11-20(23)26)30-24-16(13-27)14-29-21-10-15(6-8-18(21)24)5-7-17-4-2-3-9-28-17/h2-4,6,8-12,14H,5,7H2,1H3,(H,29,30). The largest absolute Gasteiger partial charge is 0.495 e. The molecule has 5 nitrogen and oxygen atoms in total. The molecule has 0 spiro atoms. The third-order valence-corrected chi connectivity index (χ3v) is 5.56. The summed E-state index contributed by atoms with van der Waals surface area (Å²) in [6, 6.07) is 17.5. The minimum Gasteiger partial charge on any atom is -0.495 e. The van der Waals surface area contributed by atoms with E-state index in [9.17, 15) is 5.26 Å². The van der Waals surface area contributed by atoms with Crippen molar-refractivity contribution >= 4 is 45.5 Å². The molecule has 0 atom stereocenters. The molecular formula is C24H18Cl2N4O. The number of aromatic nitrogens is 2. The van der Waals surface area contributed by atoms with E-state index in [1.165, 1.54) is 7.11 Å². The van der Waals surface area contributed by atoms with E-state index in [2.05, 4.69) is 21.4 Å². The summed E-state index contributed by atoms with van der Waals surface area (Å²) in [5, 5.41) is 14.6. The molecule has 1 N–H and O–H groups in total. The van der Waals surface area contributed by atoms with Crippen molar-refractivity contribution in [2.24, 2.45) is 0 Å². The average Bonchev–Trinajstić information content (AvgIpc) is 2.80. The maximum atomic E-state index is 9.62. The van der Waals surface area contributed by atoms with Crippen LogP contribution in [0, 0.1) is 11.3 Å². The fourth-order valence-electron chi connectivity index (χ4n) is 3.35. The maximum absolute atomic E-state index is 9.62. The van der Waals surface area contributed by atoms with Crippen LogP contribution in [0.15, 0.2) is 60.9 Å². The number of methoxy groups -OCH3 is 1. The van der Waals surface area contributed by atoms with E-state index < -0.39 is 0 Å². The van der Waals surface area contributed by atoms with Gasteiger partial charge in [0.15, 0.2) is 0 Å². The molecule has 31 heavy (non-hydrogen) atoms. The summed E-state index contributed by atoms with van der Waals surface area (Å²) >= 11 is 12.5. The molecule has 0 bridgehead atoms. The summed E-state index contributed by atoms with van der Waals surface area (Å²) in [6.07, 6.45) is 5.05. The Balaban J connectivity index is 1.69. The van der Waals surface area contributed by atoms with Crippen LogP contribution in [0.3, 0.4) is 0 Å². The molecule has 0 saturated carbocycles. The Hall–Kier alpha value is -3.33. The molecule has 0 fully saturated rings. The van der Waals surface area contributed by atoms with E-state index in [1.807, 2.05) is 36.4 Å². The van der Waals surface area contributed by atoms with Crippen LogP contribution in [0.4, 0.5) is 11.4 Å². The summed E-state index contributed by atoms with van der Waals surface area (Å²) in [5.41, 5.74) is 4.62. The van der Waals surface area contributed by atoms with Crippen molar-refractivity contribution in [2.75, 3.05) is 12.4 Å². The Morgan fingerprint density at radius 3 is 2.65 bits per heavy atom. The van der Waals surface area contributed by atoms with Crippen molar-refractivity contribution < 1.29 is 4.74 Å². The highest BCUT2D eigenvalue weighted by molar-refractivity contribution is 6.37. The lowest BCUT2D eigenvalue weighted by molar-refractivity contribution is 0.415. The van der Waals surface area contributed by atoms with Crippen molar-refractivity contribution in [1.29, 1.82) is 5.26 Å². The highest BCUT2D eigenvalue weighted by Crippen LogP contribution is 2.37. The van der Waals surface area contributed by atoms with Crippen molar-refractivity contribution in [2.45, 2.75) is 12.8 Å². The fraction of sp³-hybridized carbons (Fsp3) is 0.125. The lowest BCUT2D eigenvalue weighted by Crippen LogP contribution is -1.99. The first kappa shape index (κ1) is 20.9. The quantitative estimate of drug-likeness (QED) is 0.372. The monoisotopic (exact) mass is 448 g/mol. The van der Waals surface area contributed by atoms with Crippen LogP contribution in [0.2, 0.25) is 10.0 Å². The Labute approximate surface area is 190 Å². The maximum Gasteiger partial charge on any atom is 0.139 e. The second kappa shape index (κ2) is 9.22. The number of anilines is 2. The van der Waals surface area contributed by atoms with Gasteiger partial charge in [0.1, 0.15) is 11.8 Å². The smallest absolute Gasteiger partial charge is 0.139 e. The van der Waals surface area contributed by atoms with Gasteiger partial charge in [-0.25, -0.2) is 0 Å². The predicted octanol–water partition coefficient (Wildman–Crippen LogP) is 6.35. The molecule has 7 heteroatoms. The van der Waals surface area contributed by atoms with Gasteiger partial charge in [0.25, 0.3) is 0 Å². The molecule has 4 rings (SSSR count). The predicted molar refractivity (Wildman–Crippen MR) is 124 cm³/mol. The van der Waals surface area contributed by atoms with Gasteiger partial charge in [0, 0.05) is 29.5 Å². The minimum absolute atomic E-state index is 0.413. The number of hydrogen-bond acceptors (Lipinski definition) is 5. The van der Waals surface area contributed by atoms with Crippen LogP contribution < -0.4 is 10.1 Å². The van der Waals surface area contributed by atoms with Crippen LogP contribution in [-0.4, -0.2) is 17.1 Å². The van der Waals surface area contributed by atoms with Gasteiger partial charge >= 0.3 is 0 Å². The zero-order chi connectivity index (χ0) is 21.8. The molecule has 2 aromatic carbocycles. The zero-order valence-corrected chi connectivity index (χ0v) is 18.2. The minimum atomic E-state index is 0.413. The molecule has 0 unspecified atom stereocenters. The van der Waals surface area contributed by atoms with Gasteiger partial charge in [-0.3, -0.25) is 9.97 Å². The third-order valence-electron chi connectivity index (χ3n) is 4.95. The van der Waals surface area contributed by atoms with E-state index in [0.29, 0.717) is 32.7 Å². The van der Waals surface area contributed by atoms with Gasteiger partial charge < -0.3 is 10.1 Å². The second-order valence-corrected chi connectivity index (χ2v) is 7.74. The van der Waals surface area contributed by atoms with Crippen molar-refractivity contribution in [3.63, 3.8) is 0 Å². The molecule has 0 aliphatic rings. The molecule has 154 valence electrons. The molecule has 2 aromatic heterocycles. The number of rotatable bonds is 6. The number of aryl methyl sites for hydroxylation is 2. The Kier molecular flexibility index (Phi) is 6.22. The van der Waals surface area contributed by atoms with E-state index in [-0.39, 0.29) is 0 Å². The number of fused-ring (bicyclic) bond motifs is 1. The van der Waals surface area contributed by atoms with Crippen LogP contribution in [0.1, 0.15) is 16.8 Å². The third kappa shape index (κ3) is 4.56. The van der Waals surface area contributed by atoms with Gasteiger partial charge in [-0.15, -0.1) is 0 Å². The molecular weight excluding hydrogens is 431 g/mol. The number of hydrogen-bond donors (Lipinski definition) is 1. The number of halogens is 2. The molecule has 0 saturated heterocycles. The van der Waals surface area contributed by atoms with E-state index in [4.69, 9.17) is 27.9 Å². The number of ether oxygens (including phenoxy) is 1. The molecule has 0 aliphatic heterocycles. The fourth-order valence-corrected chi connectivity index (χ4v) is 3.86. The highest BCUT2D eigenvalue weighted by Gasteiger charge is 2.14. The van der Waals surface area contributed by atoms with Gasteiger partial charge in [0.2, 0.25) is 0 Å². The molecule has 0 aliphatic carbocycles. The van der Waals surface area contributed by atoms with Crippen LogP contribution in [-0.2, 0) is 12.8 Å². The molecule has 0 amide bonds. The second-order valence-electron chi connectivity index (χ2n) is 6.92. The summed E-state index contributed by atoms with van der Waals surface area (Å²) in [5.74, 6) is 0.488. The lowest BCUT2D eigenvalue weighted by atomic mass is 10.0. The number of pyridine rings is 2.